The molecule has 0 saturated heterocycles. The molecule has 0 amide bonds. The molecule has 0 aromatic rings. The van der Waals surface area contributed by atoms with Crippen LogP contribution in [0, 0.1) is 0 Å². The summed E-state index contributed by atoms with van der Waals surface area (Å²) in [6.07, 6.45) is 8.09. The van der Waals surface area contributed by atoms with E-state index in [-0.39, 0.29) is 0 Å². The second-order valence-corrected chi connectivity index (χ2v) is 2.02. The smallest absolute Gasteiger partial charge is 0.0310 e. The van der Waals surface area contributed by atoms with E-state index in [1.165, 1.54) is 5.57 Å². The van der Waals surface area contributed by atoms with Crippen molar-refractivity contribution in [1.82, 2.24) is 0 Å². The van der Waals surface area contributed by atoms with Crippen LogP contribution in [0.3, 0.4) is 0 Å². The van der Waals surface area contributed by atoms with Gasteiger partial charge in [0, 0.05) is 0 Å². The molecular formula is C9H14. The van der Waals surface area contributed by atoms with Crippen molar-refractivity contribution in [3.05, 3.63) is 37.0 Å². The van der Waals surface area contributed by atoms with Gasteiger partial charge in [-0.05, 0) is 19.8 Å². The highest BCUT2D eigenvalue weighted by Gasteiger charge is 1.77. The molecule has 0 bridgehead atoms. The van der Waals surface area contributed by atoms with E-state index in [1.54, 1.807) is 0 Å². The van der Waals surface area contributed by atoms with Crippen LogP contribution in [0.25, 0.3) is 0 Å². The lowest BCUT2D eigenvalue weighted by molar-refractivity contribution is 1.04. The Morgan fingerprint density at radius 1 is 1.33 bits per heavy atom. The topological polar surface area (TPSA) is 0 Å². The van der Waals surface area contributed by atoms with Crippen molar-refractivity contribution in [2.75, 3.05) is 0 Å². The van der Waals surface area contributed by atoms with E-state index in [2.05, 4.69) is 26.2 Å². The molecule has 9 heavy (non-hydrogen) atoms. The third kappa shape index (κ3) is 5.09. The summed E-state index contributed by atoms with van der Waals surface area (Å²) >= 11 is 0. The first-order valence-corrected chi connectivity index (χ1v) is 3.21. The Kier molecular flexibility index (Phi) is 4.89. The average Bonchev–Trinajstić information content (AvgIpc) is 1.89. The van der Waals surface area contributed by atoms with Gasteiger partial charge in [0.1, 0.15) is 0 Å². The zero-order chi connectivity index (χ0) is 7.11. The second-order valence-electron chi connectivity index (χ2n) is 2.02. The van der Waals surface area contributed by atoms with Gasteiger partial charge >= 0.3 is 0 Å². The summed E-state index contributed by atoms with van der Waals surface area (Å²) in [5.74, 6) is 0. The maximum atomic E-state index is 3.65. The number of rotatable bonds is 4. The first-order chi connectivity index (χ1) is 4.31. The summed E-state index contributed by atoms with van der Waals surface area (Å²) in [7, 11) is 0. The van der Waals surface area contributed by atoms with Crippen molar-refractivity contribution in [2.45, 2.75) is 19.8 Å². The fourth-order valence-corrected chi connectivity index (χ4v) is 0.512. The maximum Gasteiger partial charge on any atom is -0.0310 e. The maximum absolute atomic E-state index is 3.65. The lowest BCUT2D eigenvalue weighted by atomic mass is 10.2. The van der Waals surface area contributed by atoms with Gasteiger partial charge in [-0.25, -0.2) is 0 Å². The molecule has 0 aliphatic carbocycles. The summed E-state index contributed by atoms with van der Waals surface area (Å²) in [4.78, 5) is 0. The SMILES string of the molecule is C=CCC/C=C(/C)C=C. The predicted molar refractivity (Wildman–Crippen MR) is 43.4 cm³/mol. The Labute approximate surface area is 57.6 Å². The van der Waals surface area contributed by atoms with Crippen molar-refractivity contribution < 1.29 is 0 Å². The first-order valence-electron chi connectivity index (χ1n) is 3.21. The third-order valence-electron chi connectivity index (χ3n) is 1.16. The standard InChI is InChI=1S/C9H14/c1-4-6-7-8-9(3)5-2/h4-5,8H,1-2,6-7H2,3H3/b9-8-. The molecule has 50 valence electrons. The molecule has 0 saturated carbocycles. The summed E-state index contributed by atoms with van der Waals surface area (Å²) < 4.78 is 0. The van der Waals surface area contributed by atoms with E-state index in [9.17, 15) is 0 Å². The molecule has 0 unspecified atom stereocenters. The molecule has 0 nitrogen and oxygen atoms in total. The van der Waals surface area contributed by atoms with Crippen LogP contribution in [0.5, 0.6) is 0 Å². The van der Waals surface area contributed by atoms with Crippen LogP contribution in [0.4, 0.5) is 0 Å². The Hall–Kier alpha value is -0.780. The third-order valence-corrected chi connectivity index (χ3v) is 1.16. The Morgan fingerprint density at radius 2 is 2.00 bits per heavy atom. The van der Waals surface area contributed by atoms with Gasteiger partial charge in [0.05, 0.1) is 0 Å². The number of hydrogen-bond acceptors (Lipinski definition) is 0. The Bertz CT molecular complexity index is 118. The molecular weight excluding hydrogens is 108 g/mol. The van der Waals surface area contributed by atoms with E-state index in [1.807, 2.05) is 12.2 Å². The second kappa shape index (κ2) is 5.36. The Morgan fingerprint density at radius 3 is 2.44 bits per heavy atom. The minimum absolute atomic E-state index is 1.06. The van der Waals surface area contributed by atoms with Gasteiger partial charge in [-0.2, -0.15) is 0 Å². The summed E-state index contributed by atoms with van der Waals surface area (Å²) in [6.45, 7) is 9.33. The molecule has 0 N–H and O–H groups in total. The fraction of sp³-hybridized carbons (Fsp3) is 0.333. The highest BCUT2D eigenvalue weighted by molar-refractivity contribution is 5.12. The lowest BCUT2D eigenvalue weighted by Gasteiger charge is -1.88. The van der Waals surface area contributed by atoms with Crippen LogP contribution >= 0.6 is 0 Å². The summed E-state index contributed by atoms with van der Waals surface area (Å²) in [5, 5.41) is 0. The van der Waals surface area contributed by atoms with Gasteiger partial charge in [0.15, 0.2) is 0 Å². The molecule has 0 aromatic carbocycles. The highest BCUT2D eigenvalue weighted by Crippen LogP contribution is 1.98. The van der Waals surface area contributed by atoms with Crippen LogP contribution in [0.1, 0.15) is 19.8 Å². The number of unbranched alkanes of at least 4 members (excludes halogenated alkanes) is 1. The quantitative estimate of drug-likeness (QED) is 0.305. The van der Waals surface area contributed by atoms with Gasteiger partial charge in [-0.15, -0.1) is 6.58 Å². The fourth-order valence-electron chi connectivity index (χ4n) is 0.512. The molecule has 0 aliphatic rings. The van der Waals surface area contributed by atoms with Crippen LogP contribution in [-0.4, -0.2) is 0 Å². The first kappa shape index (κ1) is 8.22. The van der Waals surface area contributed by atoms with E-state index < -0.39 is 0 Å². The van der Waals surface area contributed by atoms with Crippen LogP contribution in [0.2, 0.25) is 0 Å². The molecule has 0 aromatic heterocycles. The van der Waals surface area contributed by atoms with Crippen LogP contribution in [0.15, 0.2) is 37.0 Å². The van der Waals surface area contributed by atoms with Crippen LogP contribution in [-0.2, 0) is 0 Å². The van der Waals surface area contributed by atoms with E-state index in [0.29, 0.717) is 0 Å². The van der Waals surface area contributed by atoms with Crippen molar-refractivity contribution in [2.24, 2.45) is 0 Å². The number of allylic oxidation sites excluding steroid dienone is 4. The molecule has 0 radical (unpaired) electrons. The average molecular weight is 122 g/mol. The van der Waals surface area contributed by atoms with Gasteiger partial charge < -0.3 is 0 Å². The Balaban J connectivity index is 3.42. The zero-order valence-electron chi connectivity index (χ0n) is 6.06. The molecule has 0 rings (SSSR count). The minimum atomic E-state index is 1.06. The van der Waals surface area contributed by atoms with Crippen molar-refractivity contribution in [3.8, 4) is 0 Å². The lowest BCUT2D eigenvalue weighted by Crippen LogP contribution is -1.67. The normalized spacial score (nSPS) is 11.0. The monoisotopic (exact) mass is 122 g/mol. The summed E-state index contributed by atoms with van der Waals surface area (Å²) in [6, 6.07) is 0. The molecule has 0 aliphatic heterocycles. The predicted octanol–water partition coefficient (Wildman–Crippen LogP) is 3.08. The van der Waals surface area contributed by atoms with E-state index in [0.717, 1.165) is 12.8 Å². The van der Waals surface area contributed by atoms with Gasteiger partial charge in [-0.1, -0.05) is 30.4 Å². The molecule has 0 atom stereocenters. The van der Waals surface area contributed by atoms with E-state index >= 15 is 0 Å². The molecule has 0 heterocycles. The van der Waals surface area contributed by atoms with Crippen LogP contribution < -0.4 is 0 Å². The van der Waals surface area contributed by atoms with Gasteiger partial charge in [-0.3, -0.25) is 0 Å². The largest absolute Gasteiger partial charge is 0.103 e. The van der Waals surface area contributed by atoms with Gasteiger partial charge in [0.25, 0.3) is 0 Å². The van der Waals surface area contributed by atoms with E-state index in [4.69, 9.17) is 0 Å². The zero-order valence-corrected chi connectivity index (χ0v) is 6.06. The van der Waals surface area contributed by atoms with Crippen molar-refractivity contribution >= 4 is 0 Å². The molecule has 0 fully saturated rings. The highest BCUT2D eigenvalue weighted by atomic mass is 13.8. The number of hydrogen-bond donors (Lipinski definition) is 0. The van der Waals surface area contributed by atoms with Crippen molar-refractivity contribution in [3.63, 3.8) is 0 Å². The summed E-state index contributed by atoms with van der Waals surface area (Å²) in [5.41, 5.74) is 1.25. The molecule has 0 spiro atoms. The van der Waals surface area contributed by atoms with Crippen molar-refractivity contribution in [1.29, 1.82) is 0 Å². The molecule has 0 heteroatoms. The minimum Gasteiger partial charge on any atom is -0.103 e. The van der Waals surface area contributed by atoms with Gasteiger partial charge in [0.2, 0.25) is 0 Å².